The SMILES string of the molecule is CCNC(C)c1cc(F)c(C)cc1OCCO. The molecule has 0 fully saturated rings. The lowest BCUT2D eigenvalue weighted by atomic mass is 10.0. The van der Waals surface area contributed by atoms with Crippen LogP contribution in [0.5, 0.6) is 5.75 Å². The fourth-order valence-corrected chi connectivity index (χ4v) is 1.71. The van der Waals surface area contributed by atoms with E-state index in [0.717, 1.165) is 12.1 Å². The molecule has 0 heterocycles. The summed E-state index contributed by atoms with van der Waals surface area (Å²) in [4.78, 5) is 0. The Kier molecular flexibility index (Phi) is 5.38. The van der Waals surface area contributed by atoms with Crippen LogP contribution in [-0.4, -0.2) is 24.9 Å². The number of rotatable bonds is 6. The third-order valence-electron chi connectivity index (χ3n) is 2.62. The van der Waals surface area contributed by atoms with E-state index in [9.17, 15) is 4.39 Å². The molecule has 4 heteroatoms. The third kappa shape index (κ3) is 3.68. The molecule has 2 N–H and O–H groups in total. The Morgan fingerprint density at radius 1 is 1.47 bits per heavy atom. The van der Waals surface area contributed by atoms with Gasteiger partial charge in [0.25, 0.3) is 0 Å². The van der Waals surface area contributed by atoms with Crippen LogP contribution in [0.4, 0.5) is 4.39 Å². The van der Waals surface area contributed by atoms with Crippen molar-refractivity contribution in [1.82, 2.24) is 5.32 Å². The Hall–Kier alpha value is -1.13. The van der Waals surface area contributed by atoms with Crippen LogP contribution in [0.15, 0.2) is 12.1 Å². The van der Waals surface area contributed by atoms with Gasteiger partial charge in [0, 0.05) is 11.6 Å². The summed E-state index contributed by atoms with van der Waals surface area (Å²) in [6, 6.07) is 3.19. The highest BCUT2D eigenvalue weighted by Gasteiger charge is 2.14. The summed E-state index contributed by atoms with van der Waals surface area (Å²) >= 11 is 0. The minimum absolute atomic E-state index is 0.0174. The van der Waals surface area contributed by atoms with Crippen molar-refractivity contribution in [2.75, 3.05) is 19.8 Å². The number of benzene rings is 1. The summed E-state index contributed by atoms with van der Waals surface area (Å²) in [7, 11) is 0. The smallest absolute Gasteiger partial charge is 0.126 e. The molecule has 0 aromatic heterocycles. The van der Waals surface area contributed by atoms with Gasteiger partial charge in [0.2, 0.25) is 0 Å². The molecular formula is C13H20FNO2. The van der Waals surface area contributed by atoms with Crippen molar-refractivity contribution in [2.45, 2.75) is 26.8 Å². The third-order valence-corrected chi connectivity index (χ3v) is 2.62. The van der Waals surface area contributed by atoms with Crippen molar-refractivity contribution in [3.8, 4) is 5.75 Å². The molecule has 0 aliphatic heterocycles. The molecule has 1 aromatic carbocycles. The second-order valence-corrected chi connectivity index (χ2v) is 3.99. The Morgan fingerprint density at radius 3 is 2.76 bits per heavy atom. The van der Waals surface area contributed by atoms with E-state index in [1.807, 2.05) is 13.8 Å². The van der Waals surface area contributed by atoms with Gasteiger partial charge in [-0.25, -0.2) is 4.39 Å². The molecule has 0 amide bonds. The molecule has 1 atom stereocenters. The summed E-state index contributed by atoms with van der Waals surface area (Å²) in [6.45, 7) is 6.62. The maximum atomic E-state index is 13.5. The first-order valence-corrected chi connectivity index (χ1v) is 5.87. The largest absolute Gasteiger partial charge is 0.491 e. The van der Waals surface area contributed by atoms with Crippen molar-refractivity contribution in [3.63, 3.8) is 0 Å². The van der Waals surface area contributed by atoms with Crippen LogP contribution in [0.1, 0.15) is 31.0 Å². The number of aliphatic hydroxyl groups is 1. The van der Waals surface area contributed by atoms with Gasteiger partial charge < -0.3 is 15.2 Å². The van der Waals surface area contributed by atoms with Crippen molar-refractivity contribution < 1.29 is 14.2 Å². The van der Waals surface area contributed by atoms with Gasteiger partial charge in [-0.3, -0.25) is 0 Å². The molecule has 3 nitrogen and oxygen atoms in total. The van der Waals surface area contributed by atoms with Crippen molar-refractivity contribution >= 4 is 0 Å². The first-order chi connectivity index (χ1) is 8.10. The van der Waals surface area contributed by atoms with Crippen LogP contribution >= 0.6 is 0 Å². The second-order valence-electron chi connectivity index (χ2n) is 3.99. The van der Waals surface area contributed by atoms with E-state index in [4.69, 9.17) is 9.84 Å². The highest BCUT2D eigenvalue weighted by Crippen LogP contribution is 2.28. The number of aryl methyl sites for hydroxylation is 1. The highest BCUT2D eigenvalue weighted by atomic mass is 19.1. The van der Waals surface area contributed by atoms with Crippen LogP contribution in [-0.2, 0) is 0 Å². The zero-order chi connectivity index (χ0) is 12.8. The van der Waals surface area contributed by atoms with E-state index in [-0.39, 0.29) is 25.1 Å². The standard InChI is InChI=1S/C13H20FNO2/c1-4-15-10(3)11-8-12(14)9(2)7-13(11)17-6-5-16/h7-8,10,15-16H,4-6H2,1-3H3. The van der Waals surface area contributed by atoms with Crippen LogP contribution in [0.3, 0.4) is 0 Å². The van der Waals surface area contributed by atoms with Gasteiger partial charge in [-0.1, -0.05) is 6.92 Å². The zero-order valence-electron chi connectivity index (χ0n) is 10.6. The number of nitrogens with one attached hydrogen (secondary N) is 1. The lowest BCUT2D eigenvalue weighted by Gasteiger charge is -2.18. The first kappa shape index (κ1) is 13.9. The summed E-state index contributed by atoms with van der Waals surface area (Å²) in [5, 5.41) is 12.0. The summed E-state index contributed by atoms with van der Waals surface area (Å²) in [6.07, 6.45) is 0. The van der Waals surface area contributed by atoms with E-state index in [2.05, 4.69) is 5.32 Å². The molecule has 0 spiro atoms. The predicted molar refractivity (Wildman–Crippen MR) is 65.8 cm³/mol. The normalized spacial score (nSPS) is 12.5. The maximum absolute atomic E-state index is 13.5. The van der Waals surface area contributed by atoms with E-state index in [1.165, 1.54) is 6.07 Å². The average Bonchev–Trinajstić information content (AvgIpc) is 2.30. The highest BCUT2D eigenvalue weighted by molar-refractivity contribution is 5.40. The number of halogens is 1. The summed E-state index contributed by atoms with van der Waals surface area (Å²) < 4.78 is 19.0. The first-order valence-electron chi connectivity index (χ1n) is 5.87. The second kappa shape index (κ2) is 6.57. The molecule has 0 aliphatic rings. The summed E-state index contributed by atoms with van der Waals surface area (Å²) in [5.41, 5.74) is 1.33. The lowest BCUT2D eigenvalue weighted by Crippen LogP contribution is -2.19. The van der Waals surface area contributed by atoms with Crippen LogP contribution < -0.4 is 10.1 Å². The van der Waals surface area contributed by atoms with E-state index in [1.54, 1.807) is 13.0 Å². The average molecular weight is 241 g/mol. The quantitative estimate of drug-likeness (QED) is 0.802. The van der Waals surface area contributed by atoms with Crippen LogP contribution in [0.25, 0.3) is 0 Å². The van der Waals surface area contributed by atoms with Gasteiger partial charge in [0.05, 0.1) is 6.61 Å². The van der Waals surface area contributed by atoms with Gasteiger partial charge in [-0.2, -0.15) is 0 Å². The molecule has 0 bridgehead atoms. The molecule has 17 heavy (non-hydrogen) atoms. The number of hydrogen-bond acceptors (Lipinski definition) is 3. The Balaban J connectivity index is 3.02. The monoisotopic (exact) mass is 241 g/mol. The van der Waals surface area contributed by atoms with Gasteiger partial charge in [0.1, 0.15) is 18.2 Å². The lowest BCUT2D eigenvalue weighted by molar-refractivity contribution is 0.199. The maximum Gasteiger partial charge on any atom is 0.126 e. The van der Waals surface area contributed by atoms with Gasteiger partial charge in [-0.15, -0.1) is 0 Å². The summed E-state index contributed by atoms with van der Waals surface area (Å²) in [5.74, 6) is 0.396. The minimum Gasteiger partial charge on any atom is -0.491 e. The topological polar surface area (TPSA) is 41.5 Å². The molecule has 1 aromatic rings. The van der Waals surface area contributed by atoms with Crippen LogP contribution in [0, 0.1) is 12.7 Å². The van der Waals surface area contributed by atoms with E-state index in [0.29, 0.717) is 11.3 Å². The molecule has 0 aliphatic carbocycles. The number of aliphatic hydroxyl groups excluding tert-OH is 1. The van der Waals surface area contributed by atoms with Gasteiger partial charge >= 0.3 is 0 Å². The minimum atomic E-state index is -0.235. The van der Waals surface area contributed by atoms with Gasteiger partial charge in [-0.05, 0) is 38.1 Å². The molecule has 0 saturated heterocycles. The number of ether oxygens (including phenoxy) is 1. The van der Waals surface area contributed by atoms with E-state index < -0.39 is 0 Å². The molecule has 0 radical (unpaired) electrons. The molecule has 1 unspecified atom stereocenters. The molecule has 96 valence electrons. The van der Waals surface area contributed by atoms with Crippen LogP contribution in [0.2, 0.25) is 0 Å². The molecule has 0 saturated carbocycles. The fourth-order valence-electron chi connectivity index (χ4n) is 1.71. The van der Waals surface area contributed by atoms with Crippen molar-refractivity contribution in [3.05, 3.63) is 29.1 Å². The number of hydrogen-bond donors (Lipinski definition) is 2. The van der Waals surface area contributed by atoms with E-state index >= 15 is 0 Å². The molecular weight excluding hydrogens is 221 g/mol. The Morgan fingerprint density at radius 2 is 2.18 bits per heavy atom. The van der Waals surface area contributed by atoms with Crippen molar-refractivity contribution in [2.24, 2.45) is 0 Å². The Labute approximate surface area is 102 Å². The predicted octanol–water partition coefficient (Wildman–Crippen LogP) is 2.18. The zero-order valence-corrected chi connectivity index (χ0v) is 10.6. The molecule has 1 rings (SSSR count). The Bertz CT molecular complexity index is 369. The van der Waals surface area contributed by atoms with Crippen molar-refractivity contribution in [1.29, 1.82) is 0 Å². The fraction of sp³-hybridized carbons (Fsp3) is 0.538. The van der Waals surface area contributed by atoms with Gasteiger partial charge in [0.15, 0.2) is 0 Å².